The SMILES string of the molecule is CCCOCCn1cc(CNC(C)C)c2cccnc21. The van der Waals surface area contributed by atoms with Gasteiger partial charge >= 0.3 is 0 Å². The van der Waals surface area contributed by atoms with Gasteiger partial charge in [0.1, 0.15) is 5.65 Å². The van der Waals surface area contributed by atoms with Gasteiger partial charge in [-0.3, -0.25) is 0 Å². The Morgan fingerprint density at radius 3 is 2.95 bits per heavy atom. The van der Waals surface area contributed by atoms with E-state index in [0.29, 0.717) is 6.04 Å². The van der Waals surface area contributed by atoms with Crippen LogP contribution in [0, 0.1) is 0 Å². The molecule has 0 aliphatic heterocycles. The molecule has 0 unspecified atom stereocenters. The second-order valence-corrected chi connectivity index (χ2v) is 5.37. The number of ether oxygens (including phenoxy) is 1. The summed E-state index contributed by atoms with van der Waals surface area (Å²) in [5, 5.41) is 4.70. The highest BCUT2D eigenvalue weighted by molar-refractivity contribution is 5.80. The molecule has 0 radical (unpaired) electrons. The average molecular weight is 275 g/mol. The Hall–Kier alpha value is -1.39. The van der Waals surface area contributed by atoms with E-state index in [1.807, 2.05) is 12.3 Å². The first-order valence-corrected chi connectivity index (χ1v) is 7.46. The van der Waals surface area contributed by atoms with Crippen LogP contribution in [0.15, 0.2) is 24.5 Å². The maximum absolute atomic E-state index is 5.58. The van der Waals surface area contributed by atoms with E-state index in [4.69, 9.17) is 4.74 Å². The van der Waals surface area contributed by atoms with E-state index in [1.165, 1.54) is 10.9 Å². The van der Waals surface area contributed by atoms with Gasteiger partial charge in [0.25, 0.3) is 0 Å². The number of nitrogens with one attached hydrogen (secondary N) is 1. The van der Waals surface area contributed by atoms with E-state index in [2.05, 4.69) is 47.9 Å². The minimum absolute atomic E-state index is 0.484. The summed E-state index contributed by atoms with van der Waals surface area (Å²) >= 11 is 0. The van der Waals surface area contributed by atoms with Crippen molar-refractivity contribution in [3.8, 4) is 0 Å². The standard InChI is InChI=1S/C16H25N3O/c1-4-9-20-10-8-19-12-14(11-18-13(2)3)15-6-5-7-17-16(15)19/h5-7,12-13,18H,4,8-11H2,1-3H3. The number of hydrogen-bond donors (Lipinski definition) is 1. The van der Waals surface area contributed by atoms with Crippen molar-refractivity contribution in [1.82, 2.24) is 14.9 Å². The lowest BCUT2D eigenvalue weighted by Gasteiger charge is -2.06. The number of fused-ring (bicyclic) bond motifs is 1. The molecule has 0 atom stereocenters. The minimum Gasteiger partial charge on any atom is -0.380 e. The van der Waals surface area contributed by atoms with Crippen molar-refractivity contribution in [2.24, 2.45) is 0 Å². The van der Waals surface area contributed by atoms with Crippen LogP contribution < -0.4 is 5.32 Å². The molecule has 0 amide bonds. The summed E-state index contributed by atoms with van der Waals surface area (Å²) in [4.78, 5) is 4.51. The molecule has 0 saturated heterocycles. The van der Waals surface area contributed by atoms with E-state index in [0.717, 1.165) is 38.4 Å². The van der Waals surface area contributed by atoms with Crippen molar-refractivity contribution >= 4 is 11.0 Å². The molecule has 2 aromatic rings. The molecule has 0 bridgehead atoms. The molecular weight excluding hydrogens is 250 g/mol. The molecule has 4 nitrogen and oxygen atoms in total. The second-order valence-electron chi connectivity index (χ2n) is 5.37. The Labute approximate surface area is 121 Å². The fourth-order valence-corrected chi connectivity index (χ4v) is 2.23. The van der Waals surface area contributed by atoms with Gasteiger partial charge in [0.15, 0.2) is 0 Å². The molecule has 0 saturated carbocycles. The van der Waals surface area contributed by atoms with Gasteiger partial charge in [-0.05, 0) is 24.1 Å². The van der Waals surface area contributed by atoms with E-state index in [1.54, 1.807) is 0 Å². The van der Waals surface area contributed by atoms with Crippen molar-refractivity contribution in [3.05, 3.63) is 30.1 Å². The third kappa shape index (κ3) is 3.81. The van der Waals surface area contributed by atoms with Gasteiger partial charge < -0.3 is 14.6 Å². The third-order valence-electron chi connectivity index (χ3n) is 3.24. The minimum atomic E-state index is 0.484. The van der Waals surface area contributed by atoms with Gasteiger partial charge in [-0.15, -0.1) is 0 Å². The van der Waals surface area contributed by atoms with Crippen LogP contribution in [-0.2, 0) is 17.8 Å². The highest BCUT2D eigenvalue weighted by Gasteiger charge is 2.09. The third-order valence-corrected chi connectivity index (χ3v) is 3.24. The van der Waals surface area contributed by atoms with Crippen LogP contribution in [-0.4, -0.2) is 28.8 Å². The van der Waals surface area contributed by atoms with E-state index < -0.39 is 0 Å². The van der Waals surface area contributed by atoms with Crippen molar-refractivity contribution in [1.29, 1.82) is 0 Å². The first kappa shape index (κ1) is 15.0. The van der Waals surface area contributed by atoms with E-state index in [-0.39, 0.29) is 0 Å². The summed E-state index contributed by atoms with van der Waals surface area (Å²) in [6.45, 7) is 9.76. The zero-order valence-electron chi connectivity index (χ0n) is 12.7. The summed E-state index contributed by atoms with van der Waals surface area (Å²) in [6, 6.07) is 4.63. The number of nitrogens with zero attached hydrogens (tertiary/aromatic N) is 2. The van der Waals surface area contributed by atoms with Crippen molar-refractivity contribution < 1.29 is 4.74 Å². The maximum Gasteiger partial charge on any atom is 0.140 e. The first-order chi connectivity index (χ1) is 9.72. The number of hydrogen-bond acceptors (Lipinski definition) is 3. The van der Waals surface area contributed by atoms with Crippen molar-refractivity contribution in [2.45, 2.75) is 46.3 Å². The highest BCUT2D eigenvalue weighted by Crippen LogP contribution is 2.19. The topological polar surface area (TPSA) is 39.1 Å². The molecule has 2 heterocycles. The molecule has 1 N–H and O–H groups in total. The van der Waals surface area contributed by atoms with E-state index >= 15 is 0 Å². The van der Waals surface area contributed by atoms with E-state index in [9.17, 15) is 0 Å². The molecule has 0 fully saturated rings. The van der Waals surface area contributed by atoms with Crippen LogP contribution >= 0.6 is 0 Å². The zero-order valence-corrected chi connectivity index (χ0v) is 12.7. The fourth-order valence-electron chi connectivity index (χ4n) is 2.23. The van der Waals surface area contributed by atoms with Crippen LogP contribution in [0.2, 0.25) is 0 Å². The quantitative estimate of drug-likeness (QED) is 0.753. The monoisotopic (exact) mass is 275 g/mol. The Kier molecular flexibility index (Phi) is 5.56. The van der Waals surface area contributed by atoms with Gasteiger partial charge in [-0.2, -0.15) is 0 Å². The molecule has 0 spiro atoms. The largest absolute Gasteiger partial charge is 0.380 e. The Balaban J connectivity index is 2.13. The van der Waals surface area contributed by atoms with Crippen LogP contribution in [0.4, 0.5) is 0 Å². The van der Waals surface area contributed by atoms with Gasteiger partial charge in [0.05, 0.1) is 6.61 Å². The average Bonchev–Trinajstić information content (AvgIpc) is 2.80. The molecule has 2 aromatic heterocycles. The second kappa shape index (κ2) is 7.41. The smallest absolute Gasteiger partial charge is 0.140 e. The molecule has 20 heavy (non-hydrogen) atoms. The van der Waals surface area contributed by atoms with Gasteiger partial charge in [0, 0.05) is 43.5 Å². The number of aromatic nitrogens is 2. The van der Waals surface area contributed by atoms with Crippen molar-refractivity contribution in [2.75, 3.05) is 13.2 Å². The number of pyridine rings is 1. The van der Waals surface area contributed by atoms with Crippen LogP contribution in [0.25, 0.3) is 11.0 Å². The fraction of sp³-hybridized carbons (Fsp3) is 0.562. The lowest BCUT2D eigenvalue weighted by atomic mass is 10.2. The Morgan fingerprint density at radius 1 is 1.35 bits per heavy atom. The molecule has 0 aromatic carbocycles. The summed E-state index contributed by atoms with van der Waals surface area (Å²) < 4.78 is 7.78. The van der Waals surface area contributed by atoms with Crippen LogP contribution in [0.1, 0.15) is 32.8 Å². The predicted octanol–water partition coefficient (Wildman–Crippen LogP) is 2.96. The molecular formula is C16H25N3O. The normalized spacial score (nSPS) is 11.6. The van der Waals surface area contributed by atoms with Crippen LogP contribution in [0.3, 0.4) is 0 Å². The number of rotatable bonds is 8. The Bertz CT molecular complexity index is 534. The molecule has 110 valence electrons. The summed E-state index contributed by atoms with van der Waals surface area (Å²) in [5.41, 5.74) is 2.35. The summed E-state index contributed by atoms with van der Waals surface area (Å²) in [6.07, 6.45) is 5.11. The molecule has 0 aliphatic carbocycles. The van der Waals surface area contributed by atoms with Gasteiger partial charge in [0.2, 0.25) is 0 Å². The summed E-state index contributed by atoms with van der Waals surface area (Å²) in [5.74, 6) is 0. The first-order valence-electron chi connectivity index (χ1n) is 7.46. The van der Waals surface area contributed by atoms with Crippen LogP contribution in [0.5, 0.6) is 0 Å². The zero-order chi connectivity index (χ0) is 14.4. The lowest BCUT2D eigenvalue weighted by Crippen LogP contribution is -2.21. The van der Waals surface area contributed by atoms with Crippen molar-refractivity contribution in [3.63, 3.8) is 0 Å². The summed E-state index contributed by atoms with van der Waals surface area (Å²) in [7, 11) is 0. The molecule has 2 rings (SSSR count). The molecule has 0 aliphatic rings. The predicted molar refractivity (Wildman–Crippen MR) is 82.8 cm³/mol. The molecule has 4 heteroatoms. The highest BCUT2D eigenvalue weighted by atomic mass is 16.5. The van der Waals surface area contributed by atoms with Gasteiger partial charge in [-0.25, -0.2) is 4.98 Å². The Morgan fingerprint density at radius 2 is 2.20 bits per heavy atom. The lowest BCUT2D eigenvalue weighted by molar-refractivity contribution is 0.127. The van der Waals surface area contributed by atoms with Gasteiger partial charge in [-0.1, -0.05) is 20.8 Å². The maximum atomic E-state index is 5.58.